The van der Waals surface area contributed by atoms with Crippen LogP contribution in [0.5, 0.6) is 0 Å². The van der Waals surface area contributed by atoms with E-state index in [1.54, 1.807) is 12.2 Å². The van der Waals surface area contributed by atoms with Crippen LogP contribution < -0.4 is 5.73 Å². The molecule has 0 aromatic rings. The van der Waals surface area contributed by atoms with Crippen molar-refractivity contribution in [2.75, 3.05) is 0 Å². The largest absolute Gasteiger partial charge is 0.321 e. The lowest BCUT2D eigenvalue weighted by molar-refractivity contribution is 0.943. The van der Waals surface area contributed by atoms with Gasteiger partial charge in [-0.3, -0.25) is 0 Å². The molecular weight excluding hydrogens is 124 g/mol. The van der Waals surface area contributed by atoms with Gasteiger partial charge in [-0.05, 0) is 18.6 Å². The standard InChI is InChI=1S/C8H8N2/c1-6-4-7(5-9)2-3-8(6)10/h2-3,8H,10H2,1H3. The molecule has 50 valence electrons. The zero-order valence-corrected chi connectivity index (χ0v) is 5.76. The number of nitriles is 1. The Bertz CT molecular complexity index is 272. The summed E-state index contributed by atoms with van der Waals surface area (Å²) in [6, 6.07) is 1.94. The molecule has 0 saturated carbocycles. The number of allylic oxidation sites excluding steroid dienone is 1. The first-order chi connectivity index (χ1) is 4.74. The summed E-state index contributed by atoms with van der Waals surface area (Å²) in [5.74, 6) is 0. The van der Waals surface area contributed by atoms with Gasteiger partial charge in [-0.15, -0.1) is 5.73 Å². The summed E-state index contributed by atoms with van der Waals surface area (Å²) in [7, 11) is 0. The Kier molecular flexibility index (Phi) is 1.73. The van der Waals surface area contributed by atoms with Crippen molar-refractivity contribution in [1.82, 2.24) is 0 Å². The topological polar surface area (TPSA) is 49.8 Å². The average molecular weight is 132 g/mol. The Morgan fingerprint density at radius 1 is 1.80 bits per heavy atom. The summed E-state index contributed by atoms with van der Waals surface area (Å²) in [4.78, 5) is 0. The highest BCUT2D eigenvalue weighted by Gasteiger charge is 2.03. The zero-order valence-electron chi connectivity index (χ0n) is 5.76. The predicted molar refractivity (Wildman–Crippen MR) is 38.9 cm³/mol. The molecule has 1 aliphatic carbocycles. The highest BCUT2D eigenvalue weighted by molar-refractivity contribution is 5.39. The van der Waals surface area contributed by atoms with Gasteiger partial charge in [0.25, 0.3) is 0 Å². The van der Waals surface area contributed by atoms with Crippen LogP contribution in [0.15, 0.2) is 29.0 Å². The van der Waals surface area contributed by atoms with Crippen molar-refractivity contribution in [3.8, 4) is 6.07 Å². The first-order valence-corrected chi connectivity index (χ1v) is 3.05. The van der Waals surface area contributed by atoms with Gasteiger partial charge in [0.2, 0.25) is 0 Å². The van der Waals surface area contributed by atoms with Gasteiger partial charge in [0.05, 0.1) is 11.6 Å². The van der Waals surface area contributed by atoms with Crippen LogP contribution in [0.2, 0.25) is 0 Å². The molecule has 0 saturated heterocycles. The highest BCUT2D eigenvalue weighted by atomic mass is 14.6. The monoisotopic (exact) mass is 132 g/mol. The second kappa shape index (κ2) is 2.53. The molecule has 0 amide bonds. The number of nitrogens with zero attached hydrogens (tertiary/aromatic N) is 1. The fourth-order valence-corrected chi connectivity index (χ4v) is 0.747. The molecule has 0 bridgehead atoms. The molecule has 0 fully saturated rings. The molecule has 0 spiro atoms. The fourth-order valence-electron chi connectivity index (χ4n) is 0.747. The summed E-state index contributed by atoms with van der Waals surface area (Å²) in [6.45, 7) is 1.87. The Balaban J connectivity index is 3.10. The Morgan fingerprint density at radius 3 is 3.00 bits per heavy atom. The summed E-state index contributed by atoms with van der Waals surface area (Å²) in [5.41, 5.74) is 9.93. The first-order valence-electron chi connectivity index (χ1n) is 3.05. The van der Waals surface area contributed by atoms with Gasteiger partial charge in [-0.1, -0.05) is 6.08 Å². The minimum Gasteiger partial charge on any atom is -0.321 e. The summed E-state index contributed by atoms with van der Waals surface area (Å²) < 4.78 is 0. The van der Waals surface area contributed by atoms with Crippen LogP contribution in [-0.2, 0) is 0 Å². The molecule has 0 aromatic carbocycles. The smallest absolute Gasteiger partial charge is 0.108 e. The Hall–Kier alpha value is -1.29. The van der Waals surface area contributed by atoms with E-state index in [4.69, 9.17) is 11.0 Å². The molecule has 0 aliphatic heterocycles. The van der Waals surface area contributed by atoms with Crippen molar-refractivity contribution in [2.45, 2.75) is 13.0 Å². The van der Waals surface area contributed by atoms with Crippen molar-refractivity contribution in [1.29, 1.82) is 5.26 Å². The van der Waals surface area contributed by atoms with Gasteiger partial charge in [0, 0.05) is 0 Å². The van der Waals surface area contributed by atoms with E-state index >= 15 is 0 Å². The zero-order chi connectivity index (χ0) is 7.56. The Labute approximate surface area is 60.0 Å². The van der Waals surface area contributed by atoms with Crippen LogP contribution in [0, 0.1) is 11.3 Å². The van der Waals surface area contributed by atoms with E-state index in [0.717, 1.165) is 5.57 Å². The molecule has 0 aromatic heterocycles. The normalized spacial score (nSPS) is 23.1. The fraction of sp³-hybridized carbons (Fsp3) is 0.250. The molecule has 1 unspecified atom stereocenters. The van der Waals surface area contributed by atoms with Crippen molar-refractivity contribution in [3.05, 3.63) is 29.0 Å². The highest BCUT2D eigenvalue weighted by Crippen LogP contribution is 2.07. The van der Waals surface area contributed by atoms with Gasteiger partial charge in [-0.25, -0.2) is 0 Å². The maximum absolute atomic E-state index is 8.44. The number of nitrogens with two attached hydrogens (primary N) is 1. The molecule has 2 nitrogen and oxygen atoms in total. The van der Waals surface area contributed by atoms with E-state index in [2.05, 4.69) is 5.73 Å². The number of rotatable bonds is 0. The lowest BCUT2D eigenvalue weighted by Gasteiger charge is -2.06. The van der Waals surface area contributed by atoms with Crippen molar-refractivity contribution in [2.24, 2.45) is 5.73 Å². The Morgan fingerprint density at radius 2 is 2.50 bits per heavy atom. The SMILES string of the molecule is CC1=C=C(C#N)C=CC1N. The first kappa shape index (κ1) is 6.82. The predicted octanol–water partition coefficient (Wildman–Crippen LogP) is 0.879. The minimum atomic E-state index is -0.0582. The van der Waals surface area contributed by atoms with E-state index in [0.29, 0.717) is 5.57 Å². The summed E-state index contributed by atoms with van der Waals surface area (Å²) in [6.07, 6.45) is 3.49. The van der Waals surface area contributed by atoms with Crippen molar-refractivity contribution in [3.63, 3.8) is 0 Å². The molecule has 0 heterocycles. The van der Waals surface area contributed by atoms with E-state index in [9.17, 15) is 0 Å². The lowest BCUT2D eigenvalue weighted by Crippen LogP contribution is -2.18. The van der Waals surface area contributed by atoms with Crippen molar-refractivity contribution < 1.29 is 0 Å². The van der Waals surface area contributed by atoms with Crippen molar-refractivity contribution >= 4 is 0 Å². The molecule has 1 atom stereocenters. The number of hydrogen-bond donors (Lipinski definition) is 1. The summed E-state index contributed by atoms with van der Waals surface area (Å²) in [5, 5.41) is 8.44. The summed E-state index contributed by atoms with van der Waals surface area (Å²) >= 11 is 0. The van der Waals surface area contributed by atoms with Gasteiger partial charge < -0.3 is 5.73 Å². The van der Waals surface area contributed by atoms with Gasteiger partial charge in [-0.2, -0.15) is 5.26 Å². The van der Waals surface area contributed by atoms with Gasteiger partial charge in [0.1, 0.15) is 6.07 Å². The third kappa shape index (κ3) is 1.16. The molecular formula is C8H8N2. The van der Waals surface area contributed by atoms with Crippen LogP contribution >= 0.6 is 0 Å². The molecule has 0 radical (unpaired) electrons. The van der Waals surface area contributed by atoms with Crippen LogP contribution in [0.25, 0.3) is 0 Å². The quantitative estimate of drug-likeness (QED) is 0.497. The lowest BCUT2D eigenvalue weighted by atomic mass is 10.0. The molecule has 1 rings (SSSR count). The third-order valence-corrected chi connectivity index (χ3v) is 1.42. The molecule has 2 N–H and O–H groups in total. The van der Waals surface area contributed by atoms with Crippen LogP contribution in [0.4, 0.5) is 0 Å². The molecule has 1 aliphatic rings. The van der Waals surface area contributed by atoms with Gasteiger partial charge >= 0.3 is 0 Å². The minimum absolute atomic E-state index is 0.0582. The van der Waals surface area contributed by atoms with Crippen LogP contribution in [0.1, 0.15) is 6.92 Å². The number of hydrogen-bond acceptors (Lipinski definition) is 2. The molecule has 2 heteroatoms. The second-order valence-corrected chi connectivity index (χ2v) is 2.22. The second-order valence-electron chi connectivity index (χ2n) is 2.22. The van der Waals surface area contributed by atoms with Crippen LogP contribution in [-0.4, -0.2) is 6.04 Å². The van der Waals surface area contributed by atoms with E-state index in [-0.39, 0.29) is 6.04 Å². The maximum atomic E-state index is 8.44. The van der Waals surface area contributed by atoms with Gasteiger partial charge in [0.15, 0.2) is 0 Å². The molecule has 10 heavy (non-hydrogen) atoms. The third-order valence-electron chi connectivity index (χ3n) is 1.42. The van der Waals surface area contributed by atoms with E-state index in [1.165, 1.54) is 0 Å². The van der Waals surface area contributed by atoms with E-state index < -0.39 is 0 Å². The average Bonchev–Trinajstić information content (AvgIpc) is 1.95. The maximum Gasteiger partial charge on any atom is 0.108 e. The van der Waals surface area contributed by atoms with E-state index in [1.807, 2.05) is 13.0 Å². The van der Waals surface area contributed by atoms with Crippen LogP contribution in [0.3, 0.4) is 0 Å².